The highest BCUT2D eigenvalue weighted by Gasteiger charge is 2.17. The van der Waals surface area contributed by atoms with E-state index < -0.39 is 10.0 Å². The van der Waals surface area contributed by atoms with Crippen molar-refractivity contribution in [1.29, 1.82) is 0 Å². The summed E-state index contributed by atoms with van der Waals surface area (Å²) in [6, 6.07) is 8.93. The number of rotatable bonds is 7. The van der Waals surface area contributed by atoms with Gasteiger partial charge in [0.2, 0.25) is 10.0 Å². The number of nitrogens with zero attached hydrogens (tertiary/aromatic N) is 2. The van der Waals surface area contributed by atoms with E-state index in [1.54, 1.807) is 29.7 Å². The van der Waals surface area contributed by atoms with E-state index in [2.05, 4.69) is 20.0 Å². The SMILES string of the molecule is Cc1nc(-c2ccc(S(=O)(=O)NCCNc3ccccn3)s2)cs1. The molecule has 24 heavy (non-hydrogen) atoms. The largest absolute Gasteiger partial charge is 0.369 e. The molecule has 6 nitrogen and oxygen atoms in total. The van der Waals surface area contributed by atoms with Crippen LogP contribution in [0.25, 0.3) is 10.6 Å². The van der Waals surface area contributed by atoms with Crippen LogP contribution in [-0.2, 0) is 10.0 Å². The minimum atomic E-state index is -3.51. The summed E-state index contributed by atoms with van der Waals surface area (Å²) in [5.41, 5.74) is 0.820. The summed E-state index contributed by atoms with van der Waals surface area (Å²) >= 11 is 2.77. The van der Waals surface area contributed by atoms with Gasteiger partial charge in [-0.15, -0.1) is 22.7 Å². The van der Waals surface area contributed by atoms with Gasteiger partial charge < -0.3 is 5.32 Å². The van der Waals surface area contributed by atoms with E-state index >= 15 is 0 Å². The molecule has 9 heteroatoms. The molecule has 3 aromatic heterocycles. The Morgan fingerprint density at radius 1 is 1.17 bits per heavy atom. The van der Waals surface area contributed by atoms with E-state index in [-0.39, 0.29) is 6.54 Å². The van der Waals surface area contributed by atoms with Gasteiger partial charge in [0.15, 0.2) is 0 Å². The predicted octanol–water partition coefficient (Wildman–Crippen LogP) is 2.97. The van der Waals surface area contributed by atoms with Crippen molar-refractivity contribution in [2.45, 2.75) is 11.1 Å². The highest BCUT2D eigenvalue weighted by atomic mass is 32.2. The molecule has 0 aliphatic heterocycles. The van der Waals surface area contributed by atoms with Gasteiger partial charge in [-0.2, -0.15) is 0 Å². The first-order valence-corrected chi connectivity index (χ1v) is 10.4. The van der Waals surface area contributed by atoms with E-state index in [4.69, 9.17) is 0 Å². The number of nitrogens with one attached hydrogen (secondary N) is 2. The quantitative estimate of drug-likeness (QED) is 0.616. The third-order valence-corrected chi connectivity index (χ3v) is 6.94. The lowest BCUT2D eigenvalue weighted by molar-refractivity contribution is 0.585. The minimum Gasteiger partial charge on any atom is -0.369 e. The van der Waals surface area contributed by atoms with E-state index in [9.17, 15) is 8.42 Å². The molecule has 0 fully saturated rings. The number of aromatic nitrogens is 2. The van der Waals surface area contributed by atoms with Crippen LogP contribution in [0.3, 0.4) is 0 Å². The zero-order valence-corrected chi connectivity index (χ0v) is 15.3. The first kappa shape index (κ1) is 17.0. The average molecular weight is 381 g/mol. The molecule has 0 spiro atoms. The Morgan fingerprint density at radius 2 is 2.04 bits per heavy atom. The Morgan fingerprint density at radius 3 is 2.75 bits per heavy atom. The second-order valence-corrected chi connectivity index (χ2v) is 9.05. The number of pyridine rings is 1. The summed E-state index contributed by atoms with van der Waals surface area (Å²) < 4.78 is 27.5. The first-order valence-electron chi connectivity index (χ1n) is 7.21. The third kappa shape index (κ3) is 4.18. The molecule has 0 unspecified atom stereocenters. The number of sulfonamides is 1. The number of thiazole rings is 1. The van der Waals surface area contributed by atoms with Gasteiger partial charge in [0, 0.05) is 24.7 Å². The van der Waals surface area contributed by atoms with Crippen molar-refractivity contribution in [3.05, 3.63) is 46.9 Å². The lowest BCUT2D eigenvalue weighted by Gasteiger charge is -2.06. The molecular formula is C15H16N4O2S3. The van der Waals surface area contributed by atoms with Crippen molar-refractivity contribution in [3.8, 4) is 10.6 Å². The maximum atomic E-state index is 12.3. The Bertz CT molecular complexity index is 904. The normalized spacial score (nSPS) is 11.5. The Kier molecular flexibility index (Phi) is 5.24. The molecule has 0 radical (unpaired) electrons. The van der Waals surface area contributed by atoms with Crippen molar-refractivity contribution in [2.24, 2.45) is 0 Å². The monoisotopic (exact) mass is 380 g/mol. The summed E-state index contributed by atoms with van der Waals surface area (Å²) in [5, 5.41) is 5.95. The summed E-state index contributed by atoms with van der Waals surface area (Å²) in [7, 11) is -3.51. The highest BCUT2D eigenvalue weighted by molar-refractivity contribution is 7.91. The van der Waals surface area contributed by atoms with Crippen molar-refractivity contribution >= 4 is 38.5 Å². The lowest BCUT2D eigenvalue weighted by Crippen LogP contribution is -2.28. The molecule has 3 heterocycles. The molecule has 0 aromatic carbocycles. The van der Waals surface area contributed by atoms with Gasteiger partial charge in [-0.25, -0.2) is 23.1 Å². The molecule has 2 N–H and O–H groups in total. The molecule has 126 valence electrons. The van der Waals surface area contributed by atoms with Gasteiger partial charge in [0.1, 0.15) is 10.0 Å². The van der Waals surface area contributed by atoms with Crippen LogP contribution >= 0.6 is 22.7 Å². The van der Waals surface area contributed by atoms with Crippen LogP contribution in [0.5, 0.6) is 0 Å². The Balaban J connectivity index is 1.58. The van der Waals surface area contributed by atoms with E-state index in [0.29, 0.717) is 16.6 Å². The maximum absolute atomic E-state index is 12.3. The van der Waals surface area contributed by atoms with E-state index in [1.807, 2.05) is 30.5 Å². The van der Waals surface area contributed by atoms with Gasteiger partial charge in [0.25, 0.3) is 0 Å². The average Bonchev–Trinajstić information content (AvgIpc) is 3.22. The Hall–Kier alpha value is -1.81. The third-order valence-electron chi connectivity index (χ3n) is 3.11. The minimum absolute atomic E-state index is 0.280. The maximum Gasteiger partial charge on any atom is 0.250 e. The number of aryl methyl sites for hydroxylation is 1. The second kappa shape index (κ2) is 7.39. The second-order valence-electron chi connectivity index (χ2n) is 4.91. The van der Waals surface area contributed by atoms with E-state index in [0.717, 1.165) is 15.6 Å². The number of hydrogen-bond acceptors (Lipinski definition) is 7. The van der Waals surface area contributed by atoms with Crippen LogP contribution in [-0.4, -0.2) is 31.5 Å². The summed E-state index contributed by atoms with van der Waals surface area (Å²) in [6.07, 6.45) is 1.68. The number of anilines is 1. The topological polar surface area (TPSA) is 84.0 Å². The van der Waals surface area contributed by atoms with Gasteiger partial charge in [-0.1, -0.05) is 6.07 Å². The number of thiophene rings is 1. The molecule has 3 rings (SSSR count). The molecule has 0 aliphatic rings. The van der Waals surface area contributed by atoms with Crippen molar-refractivity contribution < 1.29 is 8.42 Å². The molecule has 0 aliphatic carbocycles. The summed E-state index contributed by atoms with van der Waals surface area (Å²) in [4.78, 5) is 9.35. The van der Waals surface area contributed by atoms with Crippen LogP contribution in [0.2, 0.25) is 0 Å². The zero-order valence-electron chi connectivity index (χ0n) is 12.9. The predicted molar refractivity (Wildman–Crippen MR) is 98.1 cm³/mol. The smallest absolute Gasteiger partial charge is 0.250 e. The lowest BCUT2D eigenvalue weighted by atomic mass is 10.4. The summed E-state index contributed by atoms with van der Waals surface area (Å²) in [6.45, 7) is 2.66. The molecule has 0 atom stereocenters. The van der Waals surface area contributed by atoms with Crippen LogP contribution < -0.4 is 10.0 Å². The Labute approximate surface area is 148 Å². The molecule has 0 saturated heterocycles. The molecule has 0 bridgehead atoms. The van der Waals surface area contributed by atoms with Crippen LogP contribution in [0, 0.1) is 6.92 Å². The summed E-state index contributed by atoms with van der Waals surface area (Å²) in [5.74, 6) is 0.717. The van der Waals surface area contributed by atoms with Gasteiger partial charge >= 0.3 is 0 Å². The van der Waals surface area contributed by atoms with Crippen molar-refractivity contribution in [3.63, 3.8) is 0 Å². The van der Waals surface area contributed by atoms with Crippen LogP contribution in [0.4, 0.5) is 5.82 Å². The number of hydrogen-bond donors (Lipinski definition) is 2. The van der Waals surface area contributed by atoms with Gasteiger partial charge in [0.05, 0.1) is 15.6 Å². The standard InChI is InChI=1S/C15H16N4O2S3/c1-11-19-12(10-22-11)13-5-6-15(23-13)24(20,21)18-9-8-17-14-4-2-3-7-16-14/h2-7,10,18H,8-9H2,1H3,(H,16,17). The molecular weight excluding hydrogens is 364 g/mol. The fraction of sp³-hybridized carbons (Fsp3) is 0.200. The fourth-order valence-corrected chi connectivity index (χ4v) is 5.02. The first-order chi connectivity index (χ1) is 11.5. The van der Waals surface area contributed by atoms with Gasteiger partial charge in [-0.05, 0) is 31.2 Å². The zero-order chi connectivity index (χ0) is 17.0. The van der Waals surface area contributed by atoms with Crippen LogP contribution in [0.1, 0.15) is 5.01 Å². The van der Waals surface area contributed by atoms with Crippen molar-refractivity contribution in [1.82, 2.24) is 14.7 Å². The fourth-order valence-electron chi connectivity index (χ4n) is 1.99. The van der Waals surface area contributed by atoms with Crippen molar-refractivity contribution in [2.75, 3.05) is 18.4 Å². The van der Waals surface area contributed by atoms with Crippen LogP contribution in [0.15, 0.2) is 46.1 Å². The van der Waals surface area contributed by atoms with Gasteiger partial charge in [-0.3, -0.25) is 0 Å². The molecule has 0 saturated carbocycles. The van der Waals surface area contributed by atoms with E-state index in [1.165, 1.54) is 11.3 Å². The molecule has 3 aromatic rings. The molecule has 0 amide bonds. The highest BCUT2D eigenvalue weighted by Crippen LogP contribution is 2.31.